The molecule has 2 aliphatic heterocycles. The fourth-order valence-corrected chi connectivity index (χ4v) is 4.45. The lowest BCUT2D eigenvalue weighted by atomic mass is 9.79. The molecule has 2 saturated heterocycles. The van der Waals surface area contributed by atoms with E-state index in [1.54, 1.807) is 4.90 Å². The molecule has 3 heterocycles. The van der Waals surface area contributed by atoms with Crippen LogP contribution in [-0.2, 0) is 10.4 Å². The number of benzene rings is 1. The number of carbonyl (C=O) groups is 2. The molecular formula is C23H30N4O5. The van der Waals surface area contributed by atoms with Gasteiger partial charge in [0.25, 0.3) is 12.4 Å². The highest BCUT2D eigenvalue weighted by Crippen LogP contribution is 2.37. The van der Waals surface area contributed by atoms with E-state index in [0.717, 1.165) is 31.7 Å². The first-order valence-electron chi connectivity index (χ1n) is 10.6. The van der Waals surface area contributed by atoms with Crippen LogP contribution in [0, 0.1) is 0 Å². The number of piperidine rings is 1. The number of nitrogens with zero attached hydrogens (tertiary/aromatic N) is 4. The number of carbonyl (C=O) groups excluding carboxylic acids is 1. The van der Waals surface area contributed by atoms with E-state index in [1.165, 1.54) is 18.5 Å². The Morgan fingerprint density at radius 1 is 1.12 bits per heavy atom. The number of rotatable bonds is 3. The van der Waals surface area contributed by atoms with Gasteiger partial charge in [-0.3, -0.25) is 19.5 Å². The summed E-state index contributed by atoms with van der Waals surface area (Å²) in [5.74, 6) is -0.188. The molecule has 2 fully saturated rings. The van der Waals surface area contributed by atoms with E-state index >= 15 is 0 Å². The van der Waals surface area contributed by atoms with Crippen molar-refractivity contribution in [2.75, 3.05) is 46.3 Å². The molecule has 0 bridgehead atoms. The van der Waals surface area contributed by atoms with Crippen molar-refractivity contribution in [2.24, 2.45) is 0 Å². The summed E-state index contributed by atoms with van der Waals surface area (Å²) in [7, 11) is 2.10. The van der Waals surface area contributed by atoms with Gasteiger partial charge in [-0.05, 0) is 25.1 Å². The number of hydrogen-bond donors (Lipinski definition) is 3. The summed E-state index contributed by atoms with van der Waals surface area (Å²) >= 11 is 0. The molecule has 0 saturated carbocycles. The minimum Gasteiger partial charge on any atom is -0.506 e. The Morgan fingerprint density at radius 2 is 1.78 bits per heavy atom. The average molecular weight is 443 g/mol. The quantitative estimate of drug-likeness (QED) is 0.599. The van der Waals surface area contributed by atoms with Crippen molar-refractivity contribution in [3.63, 3.8) is 0 Å². The molecule has 172 valence electrons. The van der Waals surface area contributed by atoms with E-state index in [0.29, 0.717) is 25.1 Å². The van der Waals surface area contributed by atoms with Gasteiger partial charge < -0.3 is 25.1 Å². The van der Waals surface area contributed by atoms with Crippen LogP contribution in [0.25, 0.3) is 0 Å². The van der Waals surface area contributed by atoms with Crippen molar-refractivity contribution in [1.29, 1.82) is 0 Å². The molecule has 1 aromatic heterocycles. The smallest absolute Gasteiger partial charge is 0.290 e. The van der Waals surface area contributed by atoms with Gasteiger partial charge in [0.05, 0.1) is 17.8 Å². The molecule has 9 nitrogen and oxygen atoms in total. The monoisotopic (exact) mass is 442 g/mol. The molecule has 2 aliphatic rings. The third-order valence-corrected chi connectivity index (χ3v) is 6.22. The zero-order valence-electron chi connectivity index (χ0n) is 18.2. The van der Waals surface area contributed by atoms with Gasteiger partial charge in [-0.1, -0.05) is 30.3 Å². The predicted molar refractivity (Wildman–Crippen MR) is 118 cm³/mol. The summed E-state index contributed by atoms with van der Waals surface area (Å²) in [4.78, 5) is 31.7. The lowest BCUT2D eigenvalue weighted by Gasteiger charge is -2.51. The lowest BCUT2D eigenvalue weighted by molar-refractivity contribution is -0.122. The lowest BCUT2D eigenvalue weighted by Crippen LogP contribution is -2.64. The van der Waals surface area contributed by atoms with Crippen molar-refractivity contribution < 1.29 is 24.9 Å². The summed E-state index contributed by atoms with van der Waals surface area (Å²) in [6, 6.07) is 11.0. The zero-order chi connectivity index (χ0) is 23.1. The molecular weight excluding hydrogens is 412 g/mol. The molecule has 2 aromatic rings. The van der Waals surface area contributed by atoms with Crippen molar-refractivity contribution in [2.45, 2.75) is 18.1 Å². The van der Waals surface area contributed by atoms with Crippen LogP contribution in [0.15, 0.2) is 48.8 Å². The number of aromatic hydroxyl groups is 1. The molecule has 4 rings (SSSR count). The molecule has 2 atom stereocenters. The van der Waals surface area contributed by atoms with E-state index in [-0.39, 0.29) is 24.2 Å². The van der Waals surface area contributed by atoms with Crippen molar-refractivity contribution >= 4 is 12.4 Å². The summed E-state index contributed by atoms with van der Waals surface area (Å²) < 4.78 is 0. The number of aromatic nitrogens is 1. The van der Waals surface area contributed by atoms with Gasteiger partial charge in [0, 0.05) is 45.5 Å². The van der Waals surface area contributed by atoms with E-state index in [9.17, 15) is 15.0 Å². The molecule has 0 spiro atoms. The summed E-state index contributed by atoms with van der Waals surface area (Å²) in [6.45, 7) is 4.21. The number of pyridine rings is 1. The minimum atomic E-state index is -1.01. The Bertz CT molecular complexity index is 904. The number of carboxylic acid groups (broad SMARTS) is 1. The van der Waals surface area contributed by atoms with E-state index in [1.807, 2.05) is 30.3 Å². The number of amides is 1. The molecule has 1 amide bonds. The van der Waals surface area contributed by atoms with E-state index < -0.39 is 5.60 Å². The first-order chi connectivity index (χ1) is 15.4. The SMILES string of the molecule is CN1CCN([C@@H]2CN(C(=O)c3cncc(O)c3)CC[C@]2(O)c2ccccc2)CC1.O=CO. The third kappa shape index (κ3) is 5.24. The third-order valence-electron chi connectivity index (χ3n) is 6.22. The topological polar surface area (TPSA) is 117 Å². The van der Waals surface area contributed by atoms with Crippen LogP contribution in [0.1, 0.15) is 22.3 Å². The molecule has 0 unspecified atom stereocenters. The van der Waals surface area contributed by atoms with Crippen LogP contribution in [0.5, 0.6) is 5.75 Å². The standard InChI is InChI=1S/C22H28N4O3.CH2O2/c1-24-9-11-25(12-10-24)20-16-26(21(28)17-13-19(27)15-23-14-17)8-7-22(20,29)18-5-3-2-4-6-18;2-1-3/h2-6,13-15,20,27,29H,7-12,16H2,1H3;1H,(H,2,3)/t20-,22+;/m1./s1. The molecule has 32 heavy (non-hydrogen) atoms. The highest BCUT2D eigenvalue weighted by Gasteiger charge is 2.47. The number of aliphatic hydroxyl groups is 1. The van der Waals surface area contributed by atoms with Crippen molar-refractivity contribution in [3.8, 4) is 5.75 Å². The fourth-order valence-electron chi connectivity index (χ4n) is 4.45. The first kappa shape index (κ1) is 23.6. The van der Waals surface area contributed by atoms with Crippen LogP contribution < -0.4 is 0 Å². The van der Waals surface area contributed by atoms with Crippen LogP contribution in [0.3, 0.4) is 0 Å². The van der Waals surface area contributed by atoms with Gasteiger partial charge in [0.15, 0.2) is 0 Å². The minimum absolute atomic E-state index is 0.0238. The van der Waals surface area contributed by atoms with E-state index in [4.69, 9.17) is 9.90 Å². The highest BCUT2D eigenvalue weighted by molar-refractivity contribution is 5.94. The first-order valence-corrected chi connectivity index (χ1v) is 10.6. The molecule has 9 heteroatoms. The Hall–Kier alpha value is -3.01. The van der Waals surface area contributed by atoms with Crippen molar-refractivity contribution in [1.82, 2.24) is 19.7 Å². The molecule has 0 aliphatic carbocycles. The zero-order valence-corrected chi connectivity index (χ0v) is 18.2. The summed E-state index contributed by atoms with van der Waals surface area (Å²) in [6.07, 6.45) is 3.26. The van der Waals surface area contributed by atoms with Gasteiger partial charge >= 0.3 is 0 Å². The highest BCUT2D eigenvalue weighted by atomic mass is 16.3. The second kappa shape index (κ2) is 10.5. The fraction of sp³-hybridized carbons (Fsp3) is 0.435. The van der Waals surface area contributed by atoms with Crippen LogP contribution in [0.2, 0.25) is 0 Å². The second-order valence-electron chi connectivity index (χ2n) is 8.18. The van der Waals surface area contributed by atoms with Gasteiger partial charge in [-0.25, -0.2) is 0 Å². The number of piperazine rings is 1. The van der Waals surface area contributed by atoms with Gasteiger partial charge in [-0.15, -0.1) is 0 Å². The number of likely N-dealkylation sites (tertiary alicyclic amines) is 1. The predicted octanol–water partition coefficient (Wildman–Crippen LogP) is 0.838. The van der Waals surface area contributed by atoms with E-state index in [2.05, 4.69) is 21.8 Å². The van der Waals surface area contributed by atoms with Crippen molar-refractivity contribution in [3.05, 3.63) is 59.9 Å². The molecule has 0 radical (unpaired) electrons. The van der Waals surface area contributed by atoms with Gasteiger partial charge in [0.1, 0.15) is 11.4 Å². The largest absolute Gasteiger partial charge is 0.506 e. The Kier molecular flexibility index (Phi) is 7.79. The average Bonchev–Trinajstić information content (AvgIpc) is 2.81. The van der Waals surface area contributed by atoms with Gasteiger partial charge in [0.2, 0.25) is 0 Å². The second-order valence-corrected chi connectivity index (χ2v) is 8.18. The summed E-state index contributed by atoms with van der Waals surface area (Å²) in [5.41, 5.74) is 0.257. The van der Waals surface area contributed by atoms with Crippen LogP contribution in [-0.4, -0.2) is 99.7 Å². The normalized spacial score (nSPS) is 24.3. The number of likely N-dealkylation sites (N-methyl/N-ethyl adjacent to an activating group) is 1. The number of hydrogen-bond acceptors (Lipinski definition) is 7. The maximum atomic E-state index is 13.0. The maximum Gasteiger partial charge on any atom is 0.290 e. The van der Waals surface area contributed by atoms with Crippen LogP contribution >= 0.6 is 0 Å². The molecule has 3 N–H and O–H groups in total. The van der Waals surface area contributed by atoms with Gasteiger partial charge in [-0.2, -0.15) is 0 Å². The Morgan fingerprint density at radius 3 is 2.41 bits per heavy atom. The maximum absolute atomic E-state index is 13.0. The molecule has 1 aromatic carbocycles. The summed E-state index contributed by atoms with van der Waals surface area (Å²) in [5, 5.41) is 28.4. The Labute approximate surface area is 187 Å². The van der Waals surface area contributed by atoms with Crippen LogP contribution in [0.4, 0.5) is 0 Å². The Balaban J connectivity index is 0.000000913.